The molecule has 2 heterocycles. The molecule has 4 nitrogen and oxygen atoms in total. The third-order valence-corrected chi connectivity index (χ3v) is 6.01. The molecule has 0 aliphatic heterocycles. The van der Waals surface area contributed by atoms with Crippen LogP contribution in [0.5, 0.6) is 0 Å². The van der Waals surface area contributed by atoms with Crippen molar-refractivity contribution in [2.75, 3.05) is 11.9 Å². The van der Waals surface area contributed by atoms with E-state index in [4.69, 9.17) is 11.6 Å². The average molecular weight is 426 g/mol. The summed E-state index contributed by atoms with van der Waals surface area (Å²) in [5, 5.41) is 13.2. The number of nitrogens with zero attached hydrogens (tertiary/aromatic N) is 2. The minimum Gasteiger partial charge on any atom is -0.396 e. The first-order chi connectivity index (χ1) is 14.6. The molecule has 3 aromatic rings. The second-order valence-electron chi connectivity index (χ2n) is 7.98. The van der Waals surface area contributed by atoms with Crippen LogP contribution in [0.25, 0.3) is 11.3 Å². The number of rotatable bonds is 7. The summed E-state index contributed by atoms with van der Waals surface area (Å²) in [6, 6.07) is 14.3. The molecule has 0 unspecified atom stereocenters. The first kappa shape index (κ1) is 20.8. The van der Waals surface area contributed by atoms with Crippen LogP contribution in [0.4, 0.5) is 10.2 Å². The molecule has 0 spiro atoms. The number of aromatic nitrogens is 2. The van der Waals surface area contributed by atoms with Gasteiger partial charge in [0, 0.05) is 30.6 Å². The van der Waals surface area contributed by atoms with Gasteiger partial charge in [-0.2, -0.15) is 0 Å². The third-order valence-electron chi connectivity index (χ3n) is 5.71. The van der Waals surface area contributed by atoms with Crippen molar-refractivity contribution in [2.24, 2.45) is 11.8 Å². The van der Waals surface area contributed by atoms with E-state index < -0.39 is 0 Å². The van der Waals surface area contributed by atoms with E-state index in [2.05, 4.69) is 15.3 Å². The first-order valence-electron chi connectivity index (χ1n) is 10.3. The topological polar surface area (TPSA) is 58.0 Å². The molecule has 1 aromatic carbocycles. The van der Waals surface area contributed by atoms with Crippen molar-refractivity contribution >= 4 is 17.4 Å². The minimum absolute atomic E-state index is 0.250. The molecule has 0 bridgehead atoms. The van der Waals surface area contributed by atoms with Gasteiger partial charge < -0.3 is 10.4 Å². The molecule has 2 aromatic heterocycles. The van der Waals surface area contributed by atoms with Gasteiger partial charge in [-0.05, 0) is 73.4 Å². The highest BCUT2D eigenvalue weighted by Gasteiger charge is 2.24. The van der Waals surface area contributed by atoms with Crippen molar-refractivity contribution in [1.82, 2.24) is 9.97 Å². The maximum Gasteiger partial charge on any atom is 0.126 e. The molecule has 2 N–H and O–H groups in total. The Kier molecular flexibility index (Phi) is 6.60. The molecule has 0 saturated heterocycles. The van der Waals surface area contributed by atoms with Crippen LogP contribution in [0, 0.1) is 17.7 Å². The molecule has 1 saturated carbocycles. The van der Waals surface area contributed by atoms with Crippen molar-refractivity contribution in [3.05, 3.63) is 76.8 Å². The number of aliphatic hydroxyl groups is 1. The fourth-order valence-electron chi connectivity index (χ4n) is 4.14. The number of aliphatic hydroxyl groups excluding tert-OH is 1. The SMILES string of the molecule is OC[C@H]1CC[C@@H](Cc2cc(-c3cccc(NCc4cccc(F)c4)n3)c(Cl)cn2)C1. The number of hydrogen-bond acceptors (Lipinski definition) is 4. The highest BCUT2D eigenvalue weighted by atomic mass is 35.5. The maximum absolute atomic E-state index is 13.4. The van der Waals surface area contributed by atoms with E-state index in [0.717, 1.165) is 48.2 Å². The zero-order chi connectivity index (χ0) is 20.9. The number of anilines is 1. The quantitative estimate of drug-likeness (QED) is 0.524. The summed E-state index contributed by atoms with van der Waals surface area (Å²) in [6.45, 7) is 0.756. The Morgan fingerprint density at radius 1 is 1.10 bits per heavy atom. The van der Waals surface area contributed by atoms with E-state index in [1.807, 2.05) is 30.3 Å². The van der Waals surface area contributed by atoms with Gasteiger partial charge in [-0.15, -0.1) is 0 Å². The Morgan fingerprint density at radius 3 is 2.73 bits per heavy atom. The van der Waals surface area contributed by atoms with E-state index in [1.165, 1.54) is 12.1 Å². The summed E-state index contributed by atoms with van der Waals surface area (Å²) in [7, 11) is 0. The Labute approximate surface area is 181 Å². The molecule has 0 radical (unpaired) electrons. The van der Waals surface area contributed by atoms with Crippen LogP contribution in [0.2, 0.25) is 5.02 Å². The standard InChI is InChI=1S/C24H25ClFN3O/c25-22-14-27-20(11-16-7-8-18(9-16)15-30)12-21(22)23-5-2-6-24(29-23)28-13-17-3-1-4-19(26)10-17/h1-6,10,12,14,16,18,30H,7-9,11,13,15H2,(H,28,29)/t16-,18+/m1/s1. The fraction of sp³-hybridized carbons (Fsp3) is 0.333. The van der Waals surface area contributed by atoms with Crippen LogP contribution in [-0.4, -0.2) is 21.7 Å². The van der Waals surface area contributed by atoms with Crippen LogP contribution in [0.3, 0.4) is 0 Å². The van der Waals surface area contributed by atoms with E-state index >= 15 is 0 Å². The molecular weight excluding hydrogens is 401 g/mol. The molecule has 30 heavy (non-hydrogen) atoms. The lowest BCUT2D eigenvalue weighted by Crippen LogP contribution is -2.05. The van der Waals surface area contributed by atoms with Crippen molar-refractivity contribution < 1.29 is 9.50 Å². The summed E-state index contributed by atoms with van der Waals surface area (Å²) in [4.78, 5) is 9.20. The molecule has 4 rings (SSSR count). The Morgan fingerprint density at radius 2 is 1.93 bits per heavy atom. The van der Waals surface area contributed by atoms with Crippen LogP contribution in [-0.2, 0) is 13.0 Å². The smallest absolute Gasteiger partial charge is 0.126 e. The van der Waals surface area contributed by atoms with Gasteiger partial charge in [0.2, 0.25) is 0 Å². The Balaban J connectivity index is 1.48. The van der Waals surface area contributed by atoms with Crippen LogP contribution >= 0.6 is 11.6 Å². The van der Waals surface area contributed by atoms with Crippen LogP contribution in [0.15, 0.2) is 54.7 Å². The van der Waals surface area contributed by atoms with Crippen molar-refractivity contribution in [3.63, 3.8) is 0 Å². The summed E-state index contributed by atoms with van der Waals surface area (Å²) in [5.41, 5.74) is 3.47. The van der Waals surface area contributed by atoms with E-state index in [-0.39, 0.29) is 12.4 Å². The lowest BCUT2D eigenvalue weighted by Gasteiger charge is -2.12. The van der Waals surface area contributed by atoms with E-state index in [1.54, 1.807) is 12.3 Å². The monoisotopic (exact) mass is 425 g/mol. The highest BCUT2D eigenvalue weighted by Crippen LogP contribution is 2.34. The first-order valence-corrected chi connectivity index (χ1v) is 10.7. The Bertz CT molecular complexity index is 1010. The van der Waals surface area contributed by atoms with Gasteiger partial charge in [0.15, 0.2) is 0 Å². The van der Waals surface area contributed by atoms with Crippen LogP contribution < -0.4 is 5.32 Å². The molecule has 156 valence electrons. The fourth-order valence-corrected chi connectivity index (χ4v) is 4.34. The van der Waals surface area contributed by atoms with Gasteiger partial charge in [-0.25, -0.2) is 9.37 Å². The number of nitrogens with one attached hydrogen (secondary N) is 1. The van der Waals surface area contributed by atoms with E-state index in [9.17, 15) is 9.50 Å². The van der Waals surface area contributed by atoms with Gasteiger partial charge in [-0.1, -0.05) is 29.8 Å². The zero-order valence-corrected chi connectivity index (χ0v) is 17.4. The van der Waals surface area contributed by atoms with Crippen molar-refractivity contribution in [1.29, 1.82) is 0 Å². The van der Waals surface area contributed by atoms with Crippen LogP contribution in [0.1, 0.15) is 30.5 Å². The van der Waals surface area contributed by atoms with Crippen molar-refractivity contribution in [3.8, 4) is 11.3 Å². The zero-order valence-electron chi connectivity index (χ0n) is 16.7. The number of pyridine rings is 2. The third kappa shape index (κ3) is 5.15. The number of benzene rings is 1. The normalized spacial score (nSPS) is 18.5. The van der Waals surface area contributed by atoms with Gasteiger partial charge >= 0.3 is 0 Å². The maximum atomic E-state index is 13.4. The highest BCUT2D eigenvalue weighted by molar-refractivity contribution is 6.33. The van der Waals surface area contributed by atoms with Gasteiger partial charge in [-0.3, -0.25) is 4.98 Å². The van der Waals surface area contributed by atoms with E-state index in [0.29, 0.717) is 29.2 Å². The molecule has 6 heteroatoms. The lowest BCUT2D eigenvalue weighted by atomic mass is 9.98. The van der Waals surface area contributed by atoms with Gasteiger partial charge in [0.25, 0.3) is 0 Å². The predicted molar refractivity (Wildman–Crippen MR) is 118 cm³/mol. The number of halogens is 2. The molecule has 1 aliphatic rings. The second kappa shape index (κ2) is 9.54. The molecule has 1 aliphatic carbocycles. The average Bonchev–Trinajstić information content (AvgIpc) is 3.21. The largest absolute Gasteiger partial charge is 0.396 e. The summed E-state index contributed by atoms with van der Waals surface area (Å²) in [6.07, 6.45) is 5.84. The minimum atomic E-state index is -0.250. The number of hydrogen-bond donors (Lipinski definition) is 2. The Hall–Kier alpha value is -2.50. The molecule has 2 atom stereocenters. The van der Waals surface area contributed by atoms with Gasteiger partial charge in [0.1, 0.15) is 11.6 Å². The summed E-state index contributed by atoms with van der Waals surface area (Å²) in [5.74, 6) is 1.42. The summed E-state index contributed by atoms with van der Waals surface area (Å²) >= 11 is 6.44. The molecule has 1 fully saturated rings. The summed E-state index contributed by atoms with van der Waals surface area (Å²) < 4.78 is 13.4. The predicted octanol–water partition coefficient (Wildman–Crippen LogP) is 5.50. The molecule has 0 amide bonds. The van der Waals surface area contributed by atoms with Gasteiger partial charge in [0.05, 0.1) is 10.7 Å². The molecular formula is C24H25ClFN3O. The second-order valence-corrected chi connectivity index (χ2v) is 8.39. The lowest BCUT2D eigenvalue weighted by molar-refractivity contribution is 0.226. The van der Waals surface area contributed by atoms with Crippen molar-refractivity contribution in [2.45, 2.75) is 32.2 Å².